The first-order valence-corrected chi connectivity index (χ1v) is 10.00. The number of nitrogens with zero attached hydrogens (tertiary/aromatic N) is 1. The van der Waals surface area contributed by atoms with Gasteiger partial charge in [-0.15, -0.1) is 0 Å². The smallest absolute Gasteiger partial charge is 0.266 e. The summed E-state index contributed by atoms with van der Waals surface area (Å²) in [6.07, 6.45) is 3.81. The van der Waals surface area contributed by atoms with Crippen LogP contribution in [0.25, 0.3) is 6.08 Å². The van der Waals surface area contributed by atoms with Crippen LogP contribution in [0.2, 0.25) is 0 Å². The molecule has 1 fully saturated rings. The molecule has 1 aliphatic heterocycles. The molecule has 1 aliphatic rings. The van der Waals surface area contributed by atoms with Crippen molar-refractivity contribution in [3.63, 3.8) is 0 Å². The van der Waals surface area contributed by atoms with Gasteiger partial charge in [-0.05, 0) is 48.8 Å². The van der Waals surface area contributed by atoms with E-state index in [0.717, 1.165) is 16.7 Å². The van der Waals surface area contributed by atoms with Gasteiger partial charge in [-0.25, -0.2) is 0 Å². The number of anilines is 1. The first-order valence-electron chi connectivity index (χ1n) is 8.77. The Balaban J connectivity index is 1.67. The Bertz CT molecular complexity index is 981. The second-order valence-electron chi connectivity index (χ2n) is 6.48. The van der Waals surface area contributed by atoms with Gasteiger partial charge in [0.05, 0.1) is 4.91 Å². The fourth-order valence-electron chi connectivity index (χ4n) is 2.76. The number of hydrogen-bond donors (Lipinski definition) is 1. The molecule has 1 heterocycles. The van der Waals surface area contributed by atoms with Gasteiger partial charge in [0.1, 0.15) is 10.9 Å². The average Bonchev–Trinajstić information content (AvgIpc) is 2.90. The molecule has 0 atom stereocenters. The zero-order chi connectivity index (χ0) is 20.1. The molecule has 1 N–H and O–H groups in total. The third kappa shape index (κ3) is 5.18. The van der Waals surface area contributed by atoms with Crippen molar-refractivity contribution in [2.24, 2.45) is 0 Å². The summed E-state index contributed by atoms with van der Waals surface area (Å²) in [6.45, 7) is 3.79. The van der Waals surface area contributed by atoms with Crippen LogP contribution >= 0.6 is 24.0 Å². The van der Waals surface area contributed by atoms with Crippen LogP contribution in [0.15, 0.2) is 71.2 Å². The third-order valence-electron chi connectivity index (χ3n) is 4.03. The van der Waals surface area contributed by atoms with Crippen molar-refractivity contribution in [1.82, 2.24) is 4.90 Å². The molecule has 2 amide bonds. The molecule has 0 bridgehead atoms. The highest BCUT2D eigenvalue weighted by molar-refractivity contribution is 8.26. The molecule has 28 heavy (non-hydrogen) atoms. The summed E-state index contributed by atoms with van der Waals surface area (Å²) >= 11 is 6.53. The minimum Gasteiger partial charge on any atom is -0.325 e. The SMILES string of the molecule is CC(=Cc1ccccc1)C=C1SC(=S)N(CC(=O)Nc2cccc(C)c2)C1=O. The second-order valence-corrected chi connectivity index (χ2v) is 8.16. The van der Waals surface area contributed by atoms with Gasteiger partial charge in [0.25, 0.3) is 5.91 Å². The van der Waals surface area contributed by atoms with Crippen molar-refractivity contribution < 1.29 is 9.59 Å². The van der Waals surface area contributed by atoms with E-state index < -0.39 is 0 Å². The molecule has 0 spiro atoms. The number of thiocarbonyl (C=S) groups is 1. The van der Waals surface area contributed by atoms with E-state index in [1.165, 1.54) is 16.7 Å². The number of aryl methyl sites for hydroxylation is 1. The standard InChI is InChI=1S/C22H20N2O2S2/c1-15-7-6-10-18(12-15)23-20(25)14-24-21(26)19(28-22(24)27)13-16(2)11-17-8-4-3-5-9-17/h3-13H,14H2,1-2H3,(H,23,25). The quantitative estimate of drug-likeness (QED) is 0.571. The average molecular weight is 409 g/mol. The van der Waals surface area contributed by atoms with Crippen LogP contribution in [0.1, 0.15) is 18.1 Å². The second kappa shape index (κ2) is 8.99. The van der Waals surface area contributed by atoms with E-state index in [4.69, 9.17) is 12.2 Å². The molecular weight excluding hydrogens is 388 g/mol. The lowest BCUT2D eigenvalue weighted by Crippen LogP contribution is -2.36. The molecule has 0 aromatic heterocycles. The summed E-state index contributed by atoms with van der Waals surface area (Å²) in [6, 6.07) is 17.4. The van der Waals surface area contributed by atoms with Crippen molar-refractivity contribution in [2.75, 3.05) is 11.9 Å². The Kier molecular flexibility index (Phi) is 6.44. The molecular formula is C22H20N2O2S2. The van der Waals surface area contributed by atoms with Crippen molar-refractivity contribution in [2.45, 2.75) is 13.8 Å². The normalized spacial score (nSPS) is 16.0. The lowest BCUT2D eigenvalue weighted by Gasteiger charge is -2.14. The molecule has 6 heteroatoms. The van der Waals surface area contributed by atoms with Gasteiger partial charge < -0.3 is 5.32 Å². The number of nitrogens with one attached hydrogen (secondary N) is 1. The Labute approximate surface area is 174 Å². The lowest BCUT2D eigenvalue weighted by atomic mass is 10.1. The van der Waals surface area contributed by atoms with E-state index in [1.807, 2.05) is 80.6 Å². The highest BCUT2D eigenvalue weighted by atomic mass is 32.2. The maximum Gasteiger partial charge on any atom is 0.266 e. The minimum absolute atomic E-state index is 0.0998. The molecule has 0 saturated carbocycles. The summed E-state index contributed by atoms with van der Waals surface area (Å²) in [5, 5.41) is 2.81. The highest BCUT2D eigenvalue weighted by Gasteiger charge is 2.33. The van der Waals surface area contributed by atoms with Crippen LogP contribution in [0.5, 0.6) is 0 Å². The maximum atomic E-state index is 12.7. The number of thioether (sulfide) groups is 1. The molecule has 4 nitrogen and oxygen atoms in total. The summed E-state index contributed by atoms with van der Waals surface area (Å²) in [5.74, 6) is -0.519. The monoisotopic (exact) mass is 408 g/mol. The van der Waals surface area contributed by atoms with Crippen LogP contribution < -0.4 is 5.32 Å². The van der Waals surface area contributed by atoms with Crippen LogP contribution in [-0.2, 0) is 9.59 Å². The van der Waals surface area contributed by atoms with E-state index in [0.29, 0.717) is 14.9 Å². The number of carbonyl (C=O) groups excluding carboxylic acids is 2. The Hall–Kier alpha value is -2.70. The summed E-state index contributed by atoms with van der Waals surface area (Å²) in [4.78, 5) is 26.9. The number of benzene rings is 2. The highest BCUT2D eigenvalue weighted by Crippen LogP contribution is 2.32. The first kappa shape index (κ1) is 20.0. The first-order chi connectivity index (χ1) is 13.4. The van der Waals surface area contributed by atoms with Crippen LogP contribution in [0, 0.1) is 6.92 Å². The largest absolute Gasteiger partial charge is 0.325 e. The summed E-state index contributed by atoms with van der Waals surface area (Å²) in [7, 11) is 0. The molecule has 2 aromatic carbocycles. The van der Waals surface area contributed by atoms with Crippen molar-refractivity contribution in [3.05, 3.63) is 82.3 Å². The number of carbonyl (C=O) groups is 2. The number of allylic oxidation sites excluding steroid dienone is 2. The Morgan fingerprint density at radius 2 is 1.93 bits per heavy atom. The zero-order valence-electron chi connectivity index (χ0n) is 15.6. The van der Waals surface area contributed by atoms with E-state index in [9.17, 15) is 9.59 Å². The van der Waals surface area contributed by atoms with E-state index in [-0.39, 0.29) is 18.4 Å². The lowest BCUT2D eigenvalue weighted by molar-refractivity contribution is -0.126. The predicted molar refractivity (Wildman–Crippen MR) is 120 cm³/mol. The summed E-state index contributed by atoms with van der Waals surface area (Å²) < 4.78 is 0.392. The molecule has 3 rings (SSSR count). The molecule has 0 aliphatic carbocycles. The van der Waals surface area contributed by atoms with E-state index in [2.05, 4.69) is 5.32 Å². The predicted octanol–water partition coefficient (Wildman–Crippen LogP) is 4.78. The topological polar surface area (TPSA) is 49.4 Å². The van der Waals surface area contributed by atoms with E-state index in [1.54, 1.807) is 0 Å². The minimum atomic E-state index is -0.278. The van der Waals surface area contributed by atoms with Crippen molar-refractivity contribution in [3.8, 4) is 0 Å². The fourth-order valence-corrected chi connectivity index (χ4v) is 4.07. The Morgan fingerprint density at radius 3 is 2.64 bits per heavy atom. The zero-order valence-corrected chi connectivity index (χ0v) is 17.3. The number of hydrogen-bond acceptors (Lipinski definition) is 4. The van der Waals surface area contributed by atoms with Crippen molar-refractivity contribution >= 4 is 51.9 Å². The van der Waals surface area contributed by atoms with E-state index >= 15 is 0 Å². The summed E-state index contributed by atoms with van der Waals surface area (Å²) in [5.41, 5.74) is 3.75. The van der Waals surface area contributed by atoms with Gasteiger partial charge in [0, 0.05) is 5.69 Å². The van der Waals surface area contributed by atoms with Gasteiger partial charge in [-0.1, -0.05) is 72.5 Å². The molecule has 2 aromatic rings. The van der Waals surface area contributed by atoms with Crippen molar-refractivity contribution in [1.29, 1.82) is 0 Å². The van der Waals surface area contributed by atoms with Crippen LogP contribution in [0.3, 0.4) is 0 Å². The number of rotatable bonds is 5. The molecule has 0 radical (unpaired) electrons. The molecule has 1 saturated heterocycles. The Morgan fingerprint density at radius 1 is 1.18 bits per heavy atom. The van der Waals surface area contributed by atoms with Crippen LogP contribution in [-0.4, -0.2) is 27.6 Å². The maximum absolute atomic E-state index is 12.7. The van der Waals surface area contributed by atoms with Gasteiger partial charge >= 0.3 is 0 Å². The third-order valence-corrected chi connectivity index (χ3v) is 5.41. The number of amides is 2. The van der Waals surface area contributed by atoms with Gasteiger partial charge in [0.2, 0.25) is 5.91 Å². The molecule has 0 unspecified atom stereocenters. The van der Waals surface area contributed by atoms with Gasteiger partial charge in [-0.3, -0.25) is 14.5 Å². The molecule has 142 valence electrons. The van der Waals surface area contributed by atoms with Gasteiger partial charge in [-0.2, -0.15) is 0 Å². The van der Waals surface area contributed by atoms with Gasteiger partial charge in [0.15, 0.2) is 0 Å². The fraction of sp³-hybridized carbons (Fsp3) is 0.136. The van der Waals surface area contributed by atoms with Crippen LogP contribution in [0.4, 0.5) is 5.69 Å².